The second kappa shape index (κ2) is 12.0. The van der Waals surface area contributed by atoms with E-state index in [0.29, 0.717) is 59.8 Å². The highest BCUT2D eigenvalue weighted by Gasteiger charge is 2.65. The van der Waals surface area contributed by atoms with Crippen molar-refractivity contribution >= 4 is 65.9 Å². The Labute approximate surface area is 314 Å². The number of benzene rings is 4. The van der Waals surface area contributed by atoms with Crippen LogP contribution in [0, 0.1) is 33.5 Å². The Hall–Kier alpha value is -4.42. The summed E-state index contributed by atoms with van der Waals surface area (Å²) in [5, 5.41) is 1.96. The third-order valence-corrected chi connectivity index (χ3v) is 16.7. The molecule has 54 heavy (non-hydrogen) atoms. The standard InChI is InChI=1S/C42H42O10S2/c1-39(2)31-13-15-41(39,19-33(31)45)23-53(47,48)51-35-11-9-27-7-5-25(21-43)17-29(27)37(35)38-30-18-26(22-44)6-8-28(30)10-12-36(38)52-54(49,50)24-42-16-14-32(34(46)20-42)40(42,3)4/h5-12,17-18,21-22,31-32H,13-16,19-20,23-24H2,1-4H3. The van der Waals surface area contributed by atoms with Gasteiger partial charge in [-0.15, -0.1) is 0 Å². The quantitative estimate of drug-likeness (QED) is 0.111. The molecule has 4 bridgehead atoms. The van der Waals surface area contributed by atoms with Gasteiger partial charge in [-0.2, -0.15) is 16.8 Å². The summed E-state index contributed by atoms with van der Waals surface area (Å²) in [6, 6.07) is 16.0. The molecule has 0 N–H and O–H groups in total. The van der Waals surface area contributed by atoms with Gasteiger partial charge in [0, 0.05) is 57.8 Å². The Balaban J connectivity index is 1.31. The molecule has 4 unspecified atom stereocenters. The number of hydrogen-bond acceptors (Lipinski definition) is 10. The molecule has 0 aromatic heterocycles. The lowest BCUT2D eigenvalue weighted by atomic mass is 9.71. The Bertz CT molecular complexity index is 2380. The predicted molar refractivity (Wildman–Crippen MR) is 204 cm³/mol. The molecule has 12 heteroatoms. The van der Waals surface area contributed by atoms with Gasteiger partial charge in [-0.25, -0.2) is 0 Å². The van der Waals surface area contributed by atoms with Crippen LogP contribution in [-0.4, -0.2) is 52.5 Å². The number of hydrogen-bond donors (Lipinski definition) is 0. The van der Waals surface area contributed by atoms with Crippen molar-refractivity contribution in [3.63, 3.8) is 0 Å². The Morgan fingerprint density at radius 3 is 1.30 bits per heavy atom. The molecule has 282 valence electrons. The molecule has 0 radical (unpaired) electrons. The highest BCUT2D eigenvalue weighted by molar-refractivity contribution is 7.87. The number of carbonyl (C=O) groups is 4. The van der Waals surface area contributed by atoms with E-state index in [1.807, 2.05) is 27.7 Å². The normalized spacial score (nSPS) is 26.8. The van der Waals surface area contributed by atoms with Crippen LogP contribution in [0.1, 0.15) is 86.9 Å². The summed E-state index contributed by atoms with van der Waals surface area (Å²) in [5.74, 6) is -1.42. The van der Waals surface area contributed by atoms with Crippen molar-refractivity contribution in [3.8, 4) is 22.6 Å². The summed E-state index contributed by atoms with van der Waals surface area (Å²) in [6.07, 6.45) is 3.91. The van der Waals surface area contributed by atoms with E-state index in [2.05, 4.69) is 0 Å². The van der Waals surface area contributed by atoms with Crippen LogP contribution in [0.5, 0.6) is 11.5 Å². The smallest absolute Gasteiger partial charge is 0.309 e. The molecule has 4 aromatic carbocycles. The minimum absolute atomic E-state index is 0.0528. The molecular formula is C42H42O10S2. The molecule has 4 saturated carbocycles. The van der Waals surface area contributed by atoms with Crippen LogP contribution in [0.4, 0.5) is 0 Å². The number of fused-ring (bicyclic) bond motifs is 6. The number of carbonyl (C=O) groups excluding carboxylic acids is 4. The maximum Gasteiger partial charge on any atom is 0.309 e. The number of Topliss-reactive ketones (excluding diaryl/α,β-unsaturated/α-hetero) is 2. The lowest BCUT2D eigenvalue weighted by Crippen LogP contribution is -2.38. The van der Waals surface area contributed by atoms with E-state index < -0.39 is 53.4 Å². The van der Waals surface area contributed by atoms with Crippen molar-refractivity contribution in [2.45, 2.75) is 66.2 Å². The summed E-state index contributed by atoms with van der Waals surface area (Å²) < 4.78 is 68.9. The number of rotatable bonds is 11. The second-order valence-corrected chi connectivity index (χ2v) is 20.3. The van der Waals surface area contributed by atoms with Gasteiger partial charge in [-0.1, -0.05) is 64.1 Å². The monoisotopic (exact) mass is 770 g/mol. The zero-order valence-electron chi connectivity index (χ0n) is 30.6. The second-order valence-electron chi connectivity index (χ2n) is 17.1. The van der Waals surface area contributed by atoms with E-state index in [4.69, 9.17) is 8.37 Å². The number of aldehydes is 2. The van der Waals surface area contributed by atoms with Gasteiger partial charge in [-0.3, -0.25) is 19.2 Å². The molecule has 0 spiro atoms. The average Bonchev–Trinajstić information content (AvgIpc) is 3.63. The molecule has 4 fully saturated rings. The fraction of sp³-hybridized carbons (Fsp3) is 0.429. The summed E-state index contributed by atoms with van der Waals surface area (Å²) in [4.78, 5) is 50.0. The van der Waals surface area contributed by atoms with E-state index in [0.717, 1.165) is 0 Å². The Kier molecular flexibility index (Phi) is 8.15. The van der Waals surface area contributed by atoms with E-state index >= 15 is 0 Å². The summed E-state index contributed by atoms with van der Waals surface area (Å²) in [6.45, 7) is 7.75. The van der Waals surface area contributed by atoms with Crippen molar-refractivity contribution in [2.24, 2.45) is 33.5 Å². The predicted octanol–water partition coefficient (Wildman–Crippen LogP) is 7.49. The summed E-state index contributed by atoms with van der Waals surface area (Å²) in [7, 11) is -8.79. The average molecular weight is 771 g/mol. The van der Waals surface area contributed by atoms with Crippen molar-refractivity contribution in [1.29, 1.82) is 0 Å². The van der Waals surface area contributed by atoms with Gasteiger partial charge in [0.2, 0.25) is 0 Å². The van der Waals surface area contributed by atoms with Crippen LogP contribution in [0.2, 0.25) is 0 Å². The Morgan fingerprint density at radius 2 is 0.981 bits per heavy atom. The van der Waals surface area contributed by atoms with Crippen molar-refractivity contribution in [3.05, 3.63) is 71.8 Å². The van der Waals surface area contributed by atoms with Gasteiger partial charge in [0.05, 0.1) is 11.5 Å². The molecule has 4 atom stereocenters. The van der Waals surface area contributed by atoms with Crippen molar-refractivity contribution in [1.82, 2.24) is 0 Å². The first kappa shape index (κ1) is 36.6. The molecule has 4 aliphatic rings. The van der Waals surface area contributed by atoms with E-state index in [9.17, 15) is 36.0 Å². The molecule has 4 aromatic rings. The summed E-state index contributed by atoms with van der Waals surface area (Å²) in [5.41, 5.74) is -1.89. The fourth-order valence-electron chi connectivity index (χ4n) is 10.7. The molecular weight excluding hydrogens is 729 g/mol. The van der Waals surface area contributed by atoms with Gasteiger partial charge < -0.3 is 8.37 Å². The molecule has 10 nitrogen and oxygen atoms in total. The molecule has 0 saturated heterocycles. The lowest BCUT2D eigenvalue weighted by Gasteiger charge is -2.36. The van der Waals surface area contributed by atoms with Crippen LogP contribution in [-0.2, 0) is 29.8 Å². The van der Waals surface area contributed by atoms with E-state index in [-0.39, 0.29) is 70.0 Å². The fourth-order valence-corrected chi connectivity index (χ4v) is 14.2. The van der Waals surface area contributed by atoms with Gasteiger partial charge in [-0.05, 0) is 82.3 Å². The molecule has 0 amide bonds. The zero-order chi connectivity index (χ0) is 38.6. The van der Waals surface area contributed by atoms with Gasteiger partial charge >= 0.3 is 20.2 Å². The van der Waals surface area contributed by atoms with Crippen LogP contribution in [0.15, 0.2) is 60.7 Å². The maximum absolute atomic E-state index is 14.2. The van der Waals surface area contributed by atoms with Crippen LogP contribution in [0.3, 0.4) is 0 Å². The van der Waals surface area contributed by atoms with Crippen LogP contribution in [0.25, 0.3) is 32.7 Å². The van der Waals surface area contributed by atoms with Gasteiger partial charge in [0.1, 0.15) is 24.1 Å². The first-order valence-electron chi connectivity index (χ1n) is 18.3. The Morgan fingerprint density at radius 1 is 0.611 bits per heavy atom. The van der Waals surface area contributed by atoms with Crippen LogP contribution < -0.4 is 8.37 Å². The highest BCUT2D eigenvalue weighted by atomic mass is 32.2. The lowest BCUT2D eigenvalue weighted by molar-refractivity contribution is -0.123. The molecule has 4 aliphatic carbocycles. The number of ketones is 2. The van der Waals surface area contributed by atoms with Crippen molar-refractivity contribution in [2.75, 3.05) is 11.5 Å². The SMILES string of the molecule is CC1(C)C2CCC1(CS(=O)(=O)Oc1ccc3ccc(C=O)cc3c1-c1c(OS(=O)(=O)CC34CCC(C(=O)C3)C4(C)C)ccc3ccc(C=O)cc13)CC2=O. The first-order valence-corrected chi connectivity index (χ1v) is 21.4. The minimum Gasteiger partial charge on any atom is -0.382 e. The molecule has 0 aliphatic heterocycles. The molecule has 8 rings (SSSR count). The maximum atomic E-state index is 14.2. The highest BCUT2D eigenvalue weighted by Crippen LogP contribution is 2.66. The largest absolute Gasteiger partial charge is 0.382 e. The first-order chi connectivity index (χ1) is 25.3. The van der Waals surface area contributed by atoms with E-state index in [1.165, 1.54) is 12.1 Å². The topological polar surface area (TPSA) is 155 Å². The van der Waals surface area contributed by atoms with Gasteiger partial charge in [0.15, 0.2) is 11.5 Å². The minimum atomic E-state index is -4.40. The molecule has 0 heterocycles. The third-order valence-electron chi connectivity index (χ3n) is 14.0. The van der Waals surface area contributed by atoms with Gasteiger partial charge in [0.25, 0.3) is 0 Å². The summed E-state index contributed by atoms with van der Waals surface area (Å²) >= 11 is 0. The van der Waals surface area contributed by atoms with Crippen LogP contribution >= 0.6 is 0 Å². The zero-order valence-corrected chi connectivity index (χ0v) is 32.3. The van der Waals surface area contributed by atoms with Crippen molar-refractivity contribution < 1.29 is 44.4 Å². The van der Waals surface area contributed by atoms with E-state index in [1.54, 1.807) is 48.5 Å². The third kappa shape index (κ3) is 5.45.